The predicted octanol–water partition coefficient (Wildman–Crippen LogP) is 3.35. The van der Waals surface area contributed by atoms with Gasteiger partial charge in [0.2, 0.25) is 5.88 Å². The molecular weight excluding hydrogens is 294 g/mol. The monoisotopic (exact) mass is 315 g/mol. The number of nitrogen functional groups attached to an aromatic ring is 1. The molecule has 0 saturated heterocycles. The second-order valence-electron chi connectivity index (χ2n) is 5.47. The number of benzene rings is 1. The molecule has 2 rings (SSSR count). The normalized spacial score (nSPS) is 11.8. The van der Waals surface area contributed by atoms with Crippen LogP contribution in [-0.4, -0.2) is 22.1 Å². The highest BCUT2D eigenvalue weighted by atomic mass is 16.5. The standard InChI is InChI=1S/C17H21N3O3/c1-10(9-14(21)22)19-16-11(2)12(3)20-17(15(16)18)23-13-7-5-4-6-8-13/h4-8,10H,9,18H2,1-3H3,(H,19,20)(H,21,22). The molecule has 0 aliphatic carbocycles. The molecule has 23 heavy (non-hydrogen) atoms. The van der Waals surface area contributed by atoms with Crippen LogP contribution in [-0.2, 0) is 4.79 Å². The number of carboxylic acid groups (broad SMARTS) is 1. The third-order valence-corrected chi connectivity index (χ3v) is 3.52. The van der Waals surface area contributed by atoms with Gasteiger partial charge in [-0.05, 0) is 38.5 Å². The number of aryl methyl sites for hydroxylation is 1. The van der Waals surface area contributed by atoms with Gasteiger partial charge in [0.25, 0.3) is 0 Å². The first-order valence-corrected chi connectivity index (χ1v) is 7.36. The van der Waals surface area contributed by atoms with Crippen molar-refractivity contribution >= 4 is 17.3 Å². The van der Waals surface area contributed by atoms with Gasteiger partial charge in [-0.15, -0.1) is 0 Å². The van der Waals surface area contributed by atoms with E-state index in [0.29, 0.717) is 23.0 Å². The lowest BCUT2D eigenvalue weighted by molar-refractivity contribution is -0.137. The van der Waals surface area contributed by atoms with E-state index in [-0.39, 0.29) is 12.5 Å². The molecule has 4 N–H and O–H groups in total. The molecule has 1 unspecified atom stereocenters. The summed E-state index contributed by atoms with van der Waals surface area (Å²) in [6.07, 6.45) is -0.00484. The molecule has 122 valence electrons. The molecule has 0 radical (unpaired) electrons. The van der Waals surface area contributed by atoms with Crippen molar-refractivity contribution in [1.29, 1.82) is 0 Å². The molecule has 0 amide bonds. The zero-order valence-electron chi connectivity index (χ0n) is 13.5. The number of carboxylic acids is 1. The highest BCUT2D eigenvalue weighted by Crippen LogP contribution is 2.35. The molecule has 1 heterocycles. The van der Waals surface area contributed by atoms with E-state index in [9.17, 15) is 4.79 Å². The number of aliphatic carboxylic acids is 1. The van der Waals surface area contributed by atoms with E-state index >= 15 is 0 Å². The Labute approximate surface area is 135 Å². The van der Waals surface area contributed by atoms with Crippen molar-refractivity contribution in [3.8, 4) is 11.6 Å². The summed E-state index contributed by atoms with van der Waals surface area (Å²) in [5, 5.41) is 12.0. The zero-order valence-corrected chi connectivity index (χ0v) is 13.5. The lowest BCUT2D eigenvalue weighted by Crippen LogP contribution is -2.21. The van der Waals surface area contributed by atoms with Crippen LogP contribution in [0.4, 0.5) is 11.4 Å². The zero-order chi connectivity index (χ0) is 17.0. The largest absolute Gasteiger partial charge is 0.481 e. The van der Waals surface area contributed by atoms with Crippen LogP contribution < -0.4 is 15.8 Å². The Morgan fingerprint density at radius 1 is 1.35 bits per heavy atom. The van der Waals surface area contributed by atoms with E-state index in [1.165, 1.54) is 0 Å². The molecular formula is C17H21N3O3. The van der Waals surface area contributed by atoms with Crippen molar-refractivity contribution < 1.29 is 14.6 Å². The van der Waals surface area contributed by atoms with Gasteiger partial charge in [-0.1, -0.05) is 18.2 Å². The second kappa shape index (κ2) is 7.00. The summed E-state index contributed by atoms with van der Waals surface area (Å²) in [4.78, 5) is 15.2. The maximum atomic E-state index is 10.8. The van der Waals surface area contributed by atoms with Gasteiger partial charge in [-0.25, -0.2) is 4.98 Å². The van der Waals surface area contributed by atoms with Gasteiger partial charge < -0.3 is 20.9 Å². The number of hydrogen-bond acceptors (Lipinski definition) is 5. The predicted molar refractivity (Wildman–Crippen MR) is 90.0 cm³/mol. The van der Waals surface area contributed by atoms with Gasteiger partial charge in [0.05, 0.1) is 12.1 Å². The molecule has 0 bridgehead atoms. The first-order chi connectivity index (χ1) is 10.9. The van der Waals surface area contributed by atoms with Crippen molar-refractivity contribution in [2.24, 2.45) is 0 Å². The number of anilines is 2. The fraction of sp³-hybridized carbons (Fsp3) is 0.294. The number of nitrogens with two attached hydrogens (primary N) is 1. The maximum absolute atomic E-state index is 10.8. The van der Waals surface area contributed by atoms with Crippen molar-refractivity contribution in [3.05, 3.63) is 41.6 Å². The topological polar surface area (TPSA) is 97.5 Å². The van der Waals surface area contributed by atoms with E-state index in [1.807, 2.05) is 44.2 Å². The molecule has 6 nitrogen and oxygen atoms in total. The Morgan fingerprint density at radius 2 is 2.00 bits per heavy atom. The van der Waals surface area contributed by atoms with E-state index in [4.69, 9.17) is 15.6 Å². The van der Waals surface area contributed by atoms with Gasteiger partial charge in [0.1, 0.15) is 11.4 Å². The summed E-state index contributed by atoms with van der Waals surface area (Å²) >= 11 is 0. The number of pyridine rings is 1. The van der Waals surface area contributed by atoms with E-state index in [0.717, 1.165) is 11.3 Å². The lowest BCUT2D eigenvalue weighted by atomic mass is 10.1. The van der Waals surface area contributed by atoms with E-state index in [1.54, 1.807) is 6.92 Å². The van der Waals surface area contributed by atoms with Gasteiger partial charge in [0.15, 0.2) is 0 Å². The summed E-state index contributed by atoms with van der Waals surface area (Å²) < 4.78 is 5.76. The highest BCUT2D eigenvalue weighted by molar-refractivity contribution is 5.76. The van der Waals surface area contributed by atoms with Gasteiger partial charge in [-0.3, -0.25) is 4.79 Å². The SMILES string of the molecule is Cc1nc(Oc2ccccc2)c(N)c(NC(C)CC(=O)O)c1C. The second-order valence-corrected chi connectivity index (χ2v) is 5.47. The van der Waals surface area contributed by atoms with E-state index < -0.39 is 5.97 Å². The maximum Gasteiger partial charge on any atom is 0.305 e. The number of hydrogen-bond donors (Lipinski definition) is 3. The lowest BCUT2D eigenvalue weighted by Gasteiger charge is -2.20. The Morgan fingerprint density at radius 3 is 2.61 bits per heavy atom. The molecule has 2 aromatic rings. The van der Waals surface area contributed by atoms with Crippen molar-refractivity contribution in [1.82, 2.24) is 4.98 Å². The summed E-state index contributed by atoms with van der Waals surface area (Å²) in [6.45, 7) is 5.54. The number of ether oxygens (including phenoxy) is 1. The first-order valence-electron chi connectivity index (χ1n) is 7.36. The van der Waals surface area contributed by atoms with Gasteiger partial charge in [-0.2, -0.15) is 0 Å². The number of para-hydroxylation sites is 1. The first kappa shape index (κ1) is 16.6. The molecule has 0 fully saturated rings. The molecule has 1 aromatic carbocycles. The van der Waals surface area contributed by atoms with Crippen LogP contribution in [0.2, 0.25) is 0 Å². The number of carbonyl (C=O) groups is 1. The fourth-order valence-corrected chi connectivity index (χ4v) is 2.21. The Bertz CT molecular complexity index is 702. The number of aromatic nitrogens is 1. The van der Waals surface area contributed by atoms with Gasteiger partial charge >= 0.3 is 5.97 Å². The summed E-state index contributed by atoms with van der Waals surface area (Å²) in [7, 11) is 0. The number of nitrogens with one attached hydrogen (secondary N) is 1. The molecule has 0 aliphatic rings. The van der Waals surface area contributed by atoms with Crippen LogP contribution in [0.25, 0.3) is 0 Å². The average molecular weight is 315 g/mol. The van der Waals surface area contributed by atoms with Crippen molar-refractivity contribution in [3.63, 3.8) is 0 Å². The quantitative estimate of drug-likeness (QED) is 0.756. The molecule has 0 spiro atoms. The Kier molecular flexibility index (Phi) is 5.05. The smallest absolute Gasteiger partial charge is 0.305 e. The van der Waals surface area contributed by atoms with Crippen LogP contribution >= 0.6 is 0 Å². The molecule has 1 atom stereocenters. The van der Waals surface area contributed by atoms with Gasteiger partial charge in [0, 0.05) is 11.7 Å². The summed E-state index contributed by atoms with van der Waals surface area (Å²) in [5.74, 6) is 0.0802. The minimum absolute atomic E-state index is 0.00484. The molecule has 0 aliphatic heterocycles. The molecule has 1 aromatic heterocycles. The van der Waals surface area contributed by atoms with Crippen LogP contribution in [0.3, 0.4) is 0 Å². The van der Waals surface area contributed by atoms with Crippen LogP contribution in [0.1, 0.15) is 24.6 Å². The van der Waals surface area contributed by atoms with E-state index in [2.05, 4.69) is 10.3 Å². The Hall–Kier alpha value is -2.76. The van der Waals surface area contributed by atoms with Crippen molar-refractivity contribution in [2.75, 3.05) is 11.1 Å². The molecule has 6 heteroatoms. The number of rotatable bonds is 6. The average Bonchev–Trinajstić information content (AvgIpc) is 2.49. The summed E-state index contributed by atoms with van der Waals surface area (Å²) in [5.41, 5.74) is 8.86. The van der Waals surface area contributed by atoms with Crippen LogP contribution in [0.5, 0.6) is 11.6 Å². The highest BCUT2D eigenvalue weighted by Gasteiger charge is 2.17. The molecule has 0 saturated carbocycles. The fourth-order valence-electron chi connectivity index (χ4n) is 2.21. The van der Waals surface area contributed by atoms with Crippen LogP contribution in [0.15, 0.2) is 30.3 Å². The van der Waals surface area contributed by atoms with Crippen molar-refractivity contribution in [2.45, 2.75) is 33.2 Å². The third kappa shape index (κ3) is 4.12. The minimum Gasteiger partial charge on any atom is -0.481 e. The van der Waals surface area contributed by atoms with Crippen LogP contribution in [0, 0.1) is 13.8 Å². The summed E-state index contributed by atoms with van der Waals surface area (Å²) in [6, 6.07) is 8.98. The minimum atomic E-state index is -0.868. The Balaban J connectivity index is 2.33. The third-order valence-electron chi connectivity index (χ3n) is 3.52. The number of nitrogens with zero attached hydrogens (tertiary/aromatic N) is 1.